The van der Waals surface area contributed by atoms with Gasteiger partial charge < -0.3 is 15.4 Å². The fourth-order valence-corrected chi connectivity index (χ4v) is 5.39. The highest BCUT2D eigenvalue weighted by Crippen LogP contribution is 2.30. The number of carbonyl (C=O) groups is 2. The maximum atomic E-state index is 13.3. The third-order valence-corrected chi connectivity index (χ3v) is 7.26. The number of rotatable bonds is 6. The van der Waals surface area contributed by atoms with Crippen LogP contribution in [0.25, 0.3) is 0 Å². The van der Waals surface area contributed by atoms with Crippen LogP contribution < -0.4 is 15.4 Å². The zero-order chi connectivity index (χ0) is 23.3. The summed E-state index contributed by atoms with van der Waals surface area (Å²) in [6.45, 7) is 4.15. The summed E-state index contributed by atoms with van der Waals surface area (Å²) < 4.78 is 33.4. The molecule has 1 heterocycles. The molecule has 8 nitrogen and oxygen atoms in total. The summed E-state index contributed by atoms with van der Waals surface area (Å²) in [6.07, 6.45) is 3.61. The minimum absolute atomic E-state index is 0.0270. The Labute approximate surface area is 189 Å². The number of amides is 2. The molecule has 3 rings (SSSR count). The normalized spacial score (nSPS) is 15.0. The number of ether oxygens (including phenoxy) is 1. The maximum absolute atomic E-state index is 13.3. The van der Waals surface area contributed by atoms with Gasteiger partial charge in [0.15, 0.2) is 0 Å². The molecule has 0 bridgehead atoms. The number of methoxy groups -OCH3 is 1. The summed E-state index contributed by atoms with van der Waals surface area (Å²) in [5.74, 6) is -0.558. The van der Waals surface area contributed by atoms with Gasteiger partial charge in [0.05, 0.1) is 18.5 Å². The number of aryl methyl sites for hydroxylation is 1. The van der Waals surface area contributed by atoms with E-state index in [-0.39, 0.29) is 22.1 Å². The molecule has 0 saturated carbocycles. The molecule has 0 spiro atoms. The highest BCUT2D eigenvalue weighted by molar-refractivity contribution is 7.89. The Balaban J connectivity index is 1.94. The van der Waals surface area contributed by atoms with Crippen LogP contribution >= 0.6 is 0 Å². The fourth-order valence-electron chi connectivity index (χ4n) is 3.70. The number of carbonyl (C=O) groups excluding carboxylic acids is 2. The minimum Gasteiger partial charge on any atom is -0.495 e. The summed E-state index contributed by atoms with van der Waals surface area (Å²) in [7, 11) is -2.41. The van der Waals surface area contributed by atoms with Crippen molar-refractivity contribution in [3.63, 3.8) is 0 Å². The Bertz CT molecular complexity index is 1110. The lowest BCUT2D eigenvalue weighted by Gasteiger charge is -2.21. The zero-order valence-corrected chi connectivity index (χ0v) is 19.4. The van der Waals surface area contributed by atoms with E-state index in [1.807, 2.05) is 13.0 Å². The van der Waals surface area contributed by atoms with Gasteiger partial charge in [-0.1, -0.05) is 18.9 Å². The molecule has 1 fully saturated rings. The number of nitrogens with zero attached hydrogens (tertiary/aromatic N) is 1. The number of hydrogen-bond donors (Lipinski definition) is 2. The largest absolute Gasteiger partial charge is 0.495 e. The third kappa shape index (κ3) is 5.46. The molecule has 2 N–H and O–H groups in total. The van der Waals surface area contributed by atoms with E-state index >= 15 is 0 Å². The predicted octanol–water partition coefficient (Wildman–Crippen LogP) is 3.78. The summed E-state index contributed by atoms with van der Waals surface area (Å²) in [5.41, 5.74) is 1.96. The van der Waals surface area contributed by atoms with Crippen LogP contribution in [0.1, 0.15) is 48.5 Å². The molecule has 32 heavy (non-hydrogen) atoms. The number of nitrogens with one attached hydrogen (secondary N) is 2. The molecule has 9 heteroatoms. The first-order valence-electron chi connectivity index (χ1n) is 10.6. The van der Waals surface area contributed by atoms with Crippen molar-refractivity contribution in [1.82, 2.24) is 4.31 Å². The van der Waals surface area contributed by atoms with Gasteiger partial charge >= 0.3 is 0 Å². The first-order valence-corrected chi connectivity index (χ1v) is 12.0. The second kappa shape index (κ2) is 10.1. The molecule has 1 saturated heterocycles. The molecule has 0 radical (unpaired) electrons. The molecule has 0 aliphatic carbocycles. The Morgan fingerprint density at radius 2 is 1.62 bits per heavy atom. The maximum Gasteiger partial charge on any atom is 0.255 e. The van der Waals surface area contributed by atoms with Gasteiger partial charge in [0.2, 0.25) is 15.9 Å². The van der Waals surface area contributed by atoms with Crippen LogP contribution in [-0.4, -0.2) is 44.7 Å². The molecule has 0 atom stereocenters. The highest BCUT2D eigenvalue weighted by atomic mass is 32.2. The molecule has 0 unspecified atom stereocenters. The lowest BCUT2D eigenvalue weighted by atomic mass is 10.1. The number of anilines is 2. The van der Waals surface area contributed by atoms with Crippen molar-refractivity contribution in [3.05, 3.63) is 47.5 Å². The number of benzene rings is 2. The Kier molecular flexibility index (Phi) is 7.52. The topological polar surface area (TPSA) is 105 Å². The van der Waals surface area contributed by atoms with Crippen molar-refractivity contribution < 1.29 is 22.7 Å². The lowest BCUT2D eigenvalue weighted by Crippen LogP contribution is -2.32. The summed E-state index contributed by atoms with van der Waals surface area (Å²) in [5, 5.41) is 5.46. The number of hydrogen-bond acceptors (Lipinski definition) is 5. The molecule has 2 amide bonds. The third-order valence-electron chi connectivity index (χ3n) is 5.34. The monoisotopic (exact) mass is 459 g/mol. The van der Waals surface area contributed by atoms with Crippen molar-refractivity contribution in [2.75, 3.05) is 30.8 Å². The van der Waals surface area contributed by atoms with E-state index in [0.717, 1.165) is 31.2 Å². The average molecular weight is 460 g/mol. The minimum atomic E-state index is -3.82. The Hall–Kier alpha value is -2.91. The number of sulfonamides is 1. The van der Waals surface area contributed by atoms with Gasteiger partial charge in [0.1, 0.15) is 10.6 Å². The van der Waals surface area contributed by atoms with E-state index < -0.39 is 15.9 Å². The van der Waals surface area contributed by atoms with E-state index in [0.29, 0.717) is 24.5 Å². The second-order valence-electron chi connectivity index (χ2n) is 7.87. The SMILES string of the molecule is COc1ccc(C(=O)Nc2cc(C)ccc2NC(C)=O)cc1S(=O)(=O)N1CCCCCC1. The molecule has 1 aliphatic rings. The van der Waals surface area contributed by atoms with Crippen molar-refractivity contribution in [3.8, 4) is 5.75 Å². The van der Waals surface area contributed by atoms with Crippen molar-refractivity contribution in [1.29, 1.82) is 0 Å². The van der Waals surface area contributed by atoms with Crippen LogP contribution in [0.4, 0.5) is 11.4 Å². The first-order chi connectivity index (χ1) is 15.2. The Morgan fingerprint density at radius 3 is 2.25 bits per heavy atom. The summed E-state index contributed by atoms with van der Waals surface area (Å²) >= 11 is 0. The van der Waals surface area contributed by atoms with Crippen LogP contribution in [0.3, 0.4) is 0 Å². The smallest absolute Gasteiger partial charge is 0.255 e. The van der Waals surface area contributed by atoms with E-state index in [2.05, 4.69) is 10.6 Å². The molecule has 0 aromatic heterocycles. The fraction of sp³-hybridized carbons (Fsp3) is 0.391. The van der Waals surface area contributed by atoms with Gasteiger partial charge in [-0.2, -0.15) is 4.31 Å². The molecule has 172 valence electrons. The molecular weight excluding hydrogens is 430 g/mol. The predicted molar refractivity (Wildman–Crippen MR) is 124 cm³/mol. The first kappa shape index (κ1) is 23.7. The van der Waals surface area contributed by atoms with E-state index in [4.69, 9.17) is 4.74 Å². The van der Waals surface area contributed by atoms with Gasteiger partial charge in [-0.3, -0.25) is 9.59 Å². The lowest BCUT2D eigenvalue weighted by molar-refractivity contribution is -0.114. The van der Waals surface area contributed by atoms with Crippen LogP contribution in [0.5, 0.6) is 5.75 Å². The van der Waals surface area contributed by atoms with Gasteiger partial charge in [-0.15, -0.1) is 0 Å². The van der Waals surface area contributed by atoms with E-state index in [1.165, 1.54) is 36.5 Å². The molecule has 1 aliphatic heterocycles. The van der Waals surface area contributed by atoms with Crippen LogP contribution in [-0.2, 0) is 14.8 Å². The standard InChI is InChI=1S/C23H29N3O5S/c1-16-8-10-19(24-17(2)27)20(14-16)25-23(28)18-9-11-21(31-3)22(15-18)32(29,30)26-12-6-4-5-7-13-26/h8-11,14-15H,4-7,12-13H2,1-3H3,(H,24,27)(H,25,28). The van der Waals surface area contributed by atoms with Gasteiger partial charge in [-0.25, -0.2) is 8.42 Å². The average Bonchev–Trinajstić information content (AvgIpc) is 3.05. The van der Waals surface area contributed by atoms with Crippen LogP contribution in [0, 0.1) is 6.92 Å². The molecule has 2 aromatic rings. The highest BCUT2D eigenvalue weighted by Gasteiger charge is 2.29. The van der Waals surface area contributed by atoms with Crippen molar-refractivity contribution in [2.24, 2.45) is 0 Å². The Morgan fingerprint density at radius 1 is 0.938 bits per heavy atom. The van der Waals surface area contributed by atoms with Gasteiger partial charge in [0, 0.05) is 25.6 Å². The van der Waals surface area contributed by atoms with Gasteiger partial charge in [-0.05, 0) is 55.7 Å². The molecule has 2 aromatic carbocycles. The van der Waals surface area contributed by atoms with E-state index in [9.17, 15) is 18.0 Å². The van der Waals surface area contributed by atoms with E-state index in [1.54, 1.807) is 12.1 Å². The summed E-state index contributed by atoms with van der Waals surface area (Å²) in [6, 6.07) is 9.62. The zero-order valence-electron chi connectivity index (χ0n) is 18.6. The van der Waals surface area contributed by atoms with Crippen molar-refractivity contribution in [2.45, 2.75) is 44.4 Å². The van der Waals surface area contributed by atoms with Crippen LogP contribution in [0.15, 0.2) is 41.3 Å². The van der Waals surface area contributed by atoms with Crippen LogP contribution in [0.2, 0.25) is 0 Å². The quantitative estimate of drug-likeness (QED) is 0.684. The summed E-state index contributed by atoms with van der Waals surface area (Å²) in [4.78, 5) is 24.5. The van der Waals surface area contributed by atoms with Gasteiger partial charge in [0.25, 0.3) is 5.91 Å². The van der Waals surface area contributed by atoms with Crippen molar-refractivity contribution >= 4 is 33.2 Å². The second-order valence-corrected chi connectivity index (χ2v) is 9.77. The molecular formula is C23H29N3O5S.